The first-order valence-electron chi connectivity index (χ1n) is 7.08. The molecule has 8 heteroatoms. The summed E-state index contributed by atoms with van der Waals surface area (Å²) in [4.78, 5) is 15.1. The van der Waals surface area contributed by atoms with Crippen molar-refractivity contribution in [1.82, 2.24) is 15.0 Å². The SMILES string of the molecule is CC(CCO)Nc1nc(NN)nc(N2CCCCC2)n1. The Morgan fingerprint density at radius 2 is 1.90 bits per heavy atom. The molecule has 1 aromatic rings. The van der Waals surface area contributed by atoms with E-state index in [1.807, 2.05) is 6.92 Å². The van der Waals surface area contributed by atoms with Crippen LogP contribution < -0.4 is 21.5 Å². The largest absolute Gasteiger partial charge is 0.396 e. The number of nitrogens with zero attached hydrogens (tertiary/aromatic N) is 4. The number of nitrogen functional groups attached to an aromatic ring is 1. The summed E-state index contributed by atoms with van der Waals surface area (Å²) in [6.07, 6.45) is 4.19. The number of hydrogen-bond acceptors (Lipinski definition) is 8. The van der Waals surface area contributed by atoms with Crippen molar-refractivity contribution in [2.75, 3.05) is 35.3 Å². The zero-order chi connectivity index (χ0) is 14.4. The van der Waals surface area contributed by atoms with Crippen LogP contribution in [-0.2, 0) is 0 Å². The average molecular weight is 281 g/mol. The second-order valence-electron chi connectivity index (χ2n) is 5.03. The van der Waals surface area contributed by atoms with E-state index in [4.69, 9.17) is 10.9 Å². The topological polar surface area (TPSA) is 112 Å². The summed E-state index contributed by atoms with van der Waals surface area (Å²) in [6, 6.07) is 0.0854. The number of hydrogen-bond donors (Lipinski definition) is 4. The van der Waals surface area contributed by atoms with Gasteiger partial charge < -0.3 is 15.3 Å². The quantitative estimate of drug-likeness (QED) is 0.436. The van der Waals surface area contributed by atoms with Gasteiger partial charge in [-0.05, 0) is 32.6 Å². The normalized spacial score (nSPS) is 16.9. The van der Waals surface area contributed by atoms with Gasteiger partial charge in [-0.1, -0.05) is 0 Å². The number of nitrogens with one attached hydrogen (secondary N) is 2. The fraction of sp³-hybridized carbons (Fsp3) is 0.750. The van der Waals surface area contributed by atoms with Crippen molar-refractivity contribution in [3.05, 3.63) is 0 Å². The molecule has 0 radical (unpaired) electrons. The van der Waals surface area contributed by atoms with Crippen LogP contribution >= 0.6 is 0 Å². The van der Waals surface area contributed by atoms with Crippen LogP contribution in [0, 0.1) is 0 Å². The number of nitrogens with two attached hydrogens (primary N) is 1. The zero-order valence-corrected chi connectivity index (χ0v) is 11.8. The molecule has 1 saturated heterocycles. The monoisotopic (exact) mass is 281 g/mol. The minimum Gasteiger partial charge on any atom is -0.396 e. The number of aromatic nitrogens is 3. The predicted octanol–water partition coefficient (Wildman–Crippen LogP) is 0.330. The number of aliphatic hydroxyl groups excluding tert-OH is 1. The van der Waals surface area contributed by atoms with Crippen molar-refractivity contribution in [3.63, 3.8) is 0 Å². The fourth-order valence-corrected chi connectivity index (χ4v) is 2.22. The molecular formula is C12H23N7O. The Morgan fingerprint density at radius 1 is 1.20 bits per heavy atom. The lowest BCUT2D eigenvalue weighted by Gasteiger charge is -2.27. The third kappa shape index (κ3) is 3.91. The van der Waals surface area contributed by atoms with Crippen molar-refractivity contribution in [1.29, 1.82) is 0 Å². The summed E-state index contributed by atoms with van der Waals surface area (Å²) < 4.78 is 0. The number of hydrazine groups is 1. The van der Waals surface area contributed by atoms with Crippen LogP contribution in [0.5, 0.6) is 0 Å². The van der Waals surface area contributed by atoms with Gasteiger partial charge in [0.2, 0.25) is 17.8 Å². The van der Waals surface area contributed by atoms with E-state index in [0.717, 1.165) is 25.9 Å². The minimum absolute atomic E-state index is 0.0854. The van der Waals surface area contributed by atoms with Gasteiger partial charge >= 0.3 is 0 Å². The van der Waals surface area contributed by atoms with Gasteiger partial charge in [-0.3, -0.25) is 5.43 Å². The third-order valence-corrected chi connectivity index (χ3v) is 3.33. The molecule has 0 spiro atoms. The summed E-state index contributed by atoms with van der Waals surface area (Å²) >= 11 is 0. The first-order valence-corrected chi connectivity index (χ1v) is 7.08. The van der Waals surface area contributed by atoms with Crippen LogP contribution in [0.1, 0.15) is 32.6 Å². The molecule has 112 valence electrons. The van der Waals surface area contributed by atoms with Gasteiger partial charge in [-0.2, -0.15) is 15.0 Å². The van der Waals surface area contributed by atoms with Crippen LogP contribution in [0.4, 0.5) is 17.8 Å². The second kappa shape index (κ2) is 7.20. The van der Waals surface area contributed by atoms with E-state index in [2.05, 4.69) is 30.6 Å². The first-order chi connectivity index (χ1) is 9.72. The van der Waals surface area contributed by atoms with E-state index in [0.29, 0.717) is 24.3 Å². The van der Waals surface area contributed by atoms with E-state index in [1.165, 1.54) is 6.42 Å². The number of aliphatic hydroxyl groups is 1. The number of rotatable bonds is 6. The molecule has 1 aliphatic rings. The van der Waals surface area contributed by atoms with Crippen molar-refractivity contribution >= 4 is 17.8 Å². The highest BCUT2D eigenvalue weighted by Gasteiger charge is 2.16. The van der Waals surface area contributed by atoms with Crippen LogP contribution in [0.3, 0.4) is 0 Å². The van der Waals surface area contributed by atoms with Gasteiger partial charge in [-0.25, -0.2) is 5.84 Å². The first kappa shape index (κ1) is 14.7. The molecule has 2 rings (SSSR count). The molecule has 1 atom stereocenters. The smallest absolute Gasteiger partial charge is 0.243 e. The lowest BCUT2D eigenvalue weighted by atomic mass is 10.1. The summed E-state index contributed by atoms with van der Waals surface area (Å²) in [5.74, 6) is 6.89. The molecule has 1 fully saturated rings. The average Bonchev–Trinajstić information content (AvgIpc) is 2.48. The Kier molecular flexibility index (Phi) is 5.31. The summed E-state index contributed by atoms with van der Waals surface area (Å²) in [5.41, 5.74) is 2.47. The molecule has 20 heavy (non-hydrogen) atoms. The molecule has 0 aliphatic carbocycles. The highest BCUT2D eigenvalue weighted by molar-refractivity contribution is 5.43. The lowest BCUT2D eigenvalue weighted by molar-refractivity contribution is 0.282. The molecule has 0 saturated carbocycles. The van der Waals surface area contributed by atoms with Crippen LogP contribution in [-0.4, -0.2) is 45.8 Å². The molecule has 0 aromatic carbocycles. The van der Waals surface area contributed by atoms with Gasteiger partial charge in [0.15, 0.2) is 0 Å². The van der Waals surface area contributed by atoms with E-state index < -0.39 is 0 Å². The Hall–Kier alpha value is -1.67. The Balaban J connectivity index is 2.14. The molecule has 1 aromatic heterocycles. The van der Waals surface area contributed by atoms with Gasteiger partial charge in [0.25, 0.3) is 0 Å². The Bertz CT molecular complexity index is 422. The van der Waals surface area contributed by atoms with Crippen LogP contribution in [0.15, 0.2) is 0 Å². The Labute approximate surface area is 118 Å². The molecule has 0 amide bonds. The van der Waals surface area contributed by atoms with Gasteiger partial charge in [0.1, 0.15) is 0 Å². The fourth-order valence-electron chi connectivity index (χ4n) is 2.22. The predicted molar refractivity (Wildman–Crippen MR) is 78.5 cm³/mol. The maximum Gasteiger partial charge on any atom is 0.243 e. The van der Waals surface area contributed by atoms with Gasteiger partial charge in [-0.15, -0.1) is 0 Å². The van der Waals surface area contributed by atoms with E-state index in [1.54, 1.807) is 0 Å². The molecule has 5 N–H and O–H groups in total. The third-order valence-electron chi connectivity index (χ3n) is 3.33. The molecule has 2 heterocycles. The maximum absolute atomic E-state index is 8.94. The summed E-state index contributed by atoms with van der Waals surface area (Å²) in [6.45, 7) is 4.01. The number of anilines is 3. The number of piperidine rings is 1. The summed E-state index contributed by atoms with van der Waals surface area (Å²) in [7, 11) is 0. The van der Waals surface area contributed by atoms with E-state index in [-0.39, 0.29) is 12.6 Å². The Morgan fingerprint density at radius 3 is 2.55 bits per heavy atom. The lowest BCUT2D eigenvalue weighted by Crippen LogP contribution is -2.32. The van der Waals surface area contributed by atoms with E-state index in [9.17, 15) is 0 Å². The minimum atomic E-state index is 0.0854. The zero-order valence-electron chi connectivity index (χ0n) is 11.8. The second-order valence-corrected chi connectivity index (χ2v) is 5.03. The van der Waals surface area contributed by atoms with Gasteiger partial charge in [0.05, 0.1) is 0 Å². The van der Waals surface area contributed by atoms with Crippen LogP contribution in [0.2, 0.25) is 0 Å². The van der Waals surface area contributed by atoms with Crippen molar-refractivity contribution in [2.24, 2.45) is 5.84 Å². The van der Waals surface area contributed by atoms with E-state index >= 15 is 0 Å². The summed E-state index contributed by atoms with van der Waals surface area (Å²) in [5, 5.41) is 12.1. The van der Waals surface area contributed by atoms with Crippen molar-refractivity contribution in [3.8, 4) is 0 Å². The van der Waals surface area contributed by atoms with Gasteiger partial charge in [0, 0.05) is 25.7 Å². The molecule has 1 unspecified atom stereocenters. The van der Waals surface area contributed by atoms with Crippen molar-refractivity contribution in [2.45, 2.75) is 38.6 Å². The van der Waals surface area contributed by atoms with Crippen LogP contribution in [0.25, 0.3) is 0 Å². The highest BCUT2D eigenvalue weighted by atomic mass is 16.3. The molecule has 1 aliphatic heterocycles. The maximum atomic E-state index is 8.94. The standard InChI is InChI=1S/C12H23N7O/c1-9(5-8-20)14-10-15-11(18-13)17-12(16-10)19-6-3-2-4-7-19/h9,20H,2-8,13H2,1H3,(H2,14,15,16,17,18). The molecule has 8 nitrogen and oxygen atoms in total. The molecule has 0 bridgehead atoms. The van der Waals surface area contributed by atoms with Crippen molar-refractivity contribution < 1.29 is 5.11 Å². The highest BCUT2D eigenvalue weighted by Crippen LogP contribution is 2.18. The molecular weight excluding hydrogens is 258 g/mol.